The smallest absolute Gasteiger partial charge is 0.240 e. The van der Waals surface area contributed by atoms with Gasteiger partial charge in [-0.05, 0) is 57.2 Å². The number of nitriles is 1. The highest BCUT2D eigenvalue weighted by Gasteiger charge is 2.18. The monoisotopic (exact) mass is 482 g/mol. The van der Waals surface area contributed by atoms with Gasteiger partial charge in [-0.3, -0.25) is 4.40 Å². The van der Waals surface area contributed by atoms with E-state index >= 15 is 0 Å². The van der Waals surface area contributed by atoms with E-state index in [9.17, 15) is 0 Å². The van der Waals surface area contributed by atoms with Crippen molar-refractivity contribution in [2.75, 3.05) is 27.2 Å². The lowest BCUT2D eigenvalue weighted by atomic mass is 10.0. The number of piperidine rings is 1. The first-order valence-electron chi connectivity index (χ1n) is 11.6. The molecule has 1 aliphatic rings. The molecule has 0 amide bonds. The number of fused-ring (bicyclic) bond motifs is 2. The number of imidazole rings is 1. The number of hydrogen-bond acceptors (Lipinski definition) is 7. The standard InChI is InChI=1S/C21H13N5OS.C6H13N/c1-27-21-17-10-23-11-26(17)20(15-6-7-16-18(8-15)28-12-24-16)19(25-21)14-4-2-13(9-22)3-5-14;1-7-5-3-2-4-6-7/h2-8,10-12H,1H3;2-6H2,1H3. The van der Waals surface area contributed by atoms with Gasteiger partial charge >= 0.3 is 0 Å². The normalized spacial score (nSPS) is 13.9. The van der Waals surface area contributed by atoms with Crippen LogP contribution in [-0.4, -0.2) is 51.5 Å². The van der Waals surface area contributed by atoms with E-state index in [1.54, 1.807) is 43.1 Å². The van der Waals surface area contributed by atoms with Crippen molar-refractivity contribution in [3.05, 3.63) is 66.1 Å². The highest BCUT2D eigenvalue weighted by molar-refractivity contribution is 7.16. The quantitative estimate of drug-likeness (QED) is 0.330. The molecule has 0 N–H and O–H groups in total. The Morgan fingerprint density at radius 1 is 1.03 bits per heavy atom. The lowest BCUT2D eigenvalue weighted by molar-refractivity contribution is 0.277. The van der Waals surface area contributed by atoms with Crippen molar-refractivity contribution in [1.82, 2.24) is 24.3 Å². The van der Waals surface area contributed by atoms with Crippen LogP contribution in [0.2, 0.25) is 0 Å². The second kappa shape index (κ2) is 10.2. The van der Waals surface area contributed by atoms with Crippen LogP contribution in [-0.2, 0) is 0 Å². The number of nitrogens with zero attached hydrogens (tertiary/aromatic N) is 6. The van der Waals surface area contributed by atoms with Gasteiger partial charge in [0.15, 0.2) is 0 Å². The Hall–Kier alpha value is -3.80. The molecule has 4 heterocycles. The molecule has 0 bridgehead atoms. The lowest BCUT2D eigenvalue weighted by Gasteiger charge is -2.20. The Morgan fingerprint density at radius 2 is 1.80 bits per heavy atom. The van der Waals surface area contributed by atoms with Crippen molar-refractivity contribution in [3.8, 4) is 34.5 Å². The van der Waals surface area contributed by atoms with Gasteiger partial charge in [0.2, 0.25) is 5.88 Å². The molecule has 2 aromatic carbocycles. The van der Waals surface area contributed by atoms with Crippen LogP contribution in [0, 0.1) is 11.3 Å². The van der Waals surface area contributed by atoms with E-state index in [4.69, 9.17) is 15.0 Å². The van der Waals surface area contributed by atoms with Crippen molar-refractivity contribution in [1.29, 1.82) is 5.26 Å². The van der Waals surface area contributed by atoms with E-state index in [0.717, 1.165) is 38.2 Å². The maximum Gasteiger partial charge on any atom is 0.240 e. The molecule has 3 aromatic heterocycles. The Labute approximate surface area is 208 Å². The van der Waals surface area contributed by atoms with Crippen LogP contribution in [0.15, 0.2) is 60.5 Å². The molecule has 7 nitrogen and oxygen atoms in total. The Bertz CT molecular complexity index is 1490. The number of benzene rings is 2. The summed E-state index contributed by atoms with van der Waals surface area (Å²) in [5, 5.41) is 9.10. The highest BCUT2D eigenvalue weighted by Crippen LogP contribution is 2.36. The zero-order valence-corrected chi connectivity index (χ0v) is 20.6. The number of ether oxygens (including phenoxy) is 1. The van der Waals surface area contributed by atoms with E-state index in [0.29, 0.717) is 11.4 Å². The summed E-state index contributed by atoms with van der Waals surface area (Å²) in [7, 11) is 3.79. The second-order valence-electron chi connectivity index (χ2n) is 8.56. The minimum Gasteiger partial charge on any atom is -0.479 e. The minimum atomic E-state index is 0.500. The number of thiazole rings is 1. The van der Waals surface area contributed by atoms with Gasteiger partial charge < -0.3 is 9.64 Å². The fourth-order valence-corrected chi connectivity index (χ4v) is 5.06. The predicted octanol–water partition coefficient (Wildman–Crippen LogP) is 5.66. The molecule has 5 aromatic rings. The van der Waals surface area contributed by atoms with Crippen molar-refractivity contribution < 1.29 is 4.74 Å². The van der Waals surface area contributed by atoms with E-state index in [2.05, 4.69) is 34.1 Å². The SMILES string of the molecule is CN1CCCCC1.COc1nc(-c2ccc(C#N)cc2)c(-c2ccc3ncsc3c2)n2cncc12. The maximum absolute atomic E-state index is 9.10. The fraction of sp³-hybridized carbons (Fsp3) is 0.259. The predicted molar refractivity (Wildman–Crippen MR) is 140 cm³/mol. The fourth-order valence-electron chi connectivity index (χ4n) is 4.34. The molecule has 1 fully saturated rings. The van der Waals surface area contributed by atoms with Crippen LogP contribution in [0.4, 0.5) is 0 Å². The zero-order chi connectivity index (χ0) is 24.2. The van der Waals surface area contributed by atoms with Crippen molar-refractivity contribution in [2.45, 2.75) is 19.3 Å². The summed E-state index contributed by atoms with van der Waals surface area (Å²) in [6, 6.07) is 15.7. The van der Waals surface area contributed by atoms with Crippen molar-refractivity contribution >= 4 is 27.1 Å². The summed E-state index contributed by atoms with van der Waals surface area (Å²) in [5.74, 6) is 0.500. The Balaban J connectivity index is 0.000000313. The molecule has 0 unspecified atom stereocenters. The van der Waals surface area contributed by atoms with E-state index in [1.165, 1.54) is 32.4 Å². The molecule has 0 saturated carbocycles. The molecule has 6 rings (SSSR count). The number of hydrogen-bond donors (Lipinski definition) is 0. The highest BCUT2D eigenvalue weighted by atomic mass is 32.1. The lowest BCUT2D eigenvalue weighted by Crippen LogP contribution is -2.24. The summed E-state index contributed by atoms with van der Waals surface area (Å²) in [5.41, 5.74) is 7.78. The van der Waals surface area contributed by atoms with E-state index < -0.39 is 0 Å². The molecule has 0 aliphatic carbocycles. The van der Waals surface area contributed by atoms with Crippen molar-refractivity contribution in [2.24, 2.45) is 0 Å². The summed E-state index contributed by atoms with van der Waals surface area (Å²) in [6.45, 7) is 2.64. The largest absolute Gasteiger partial charge is 0.479 e. The molecule has 176 valence electrons. The average Bonchev–Trinajstić information content (AvgIpc) is 3.58. The number of likely N-dealkylation sites (tertiary alicyclic amines) is 1. The topological polar surface area (TPSA) is 79.3 Å². The van der Waals surface area contributed by atoms with E-state index in [1.807, 2.05) is 34.2 Å². The van der Waals surface area contributed by atoms with E-state index in [-0.39, 0.29) is 0 Å². The summed E-state index contributed by atoms with van der Waals surface area (Å²) >= 11 is 1.60. The molecule has 0 spiro atoms. The van der Waals surface area contributed by atoms with Crippen molar-refractivity contribution in [3.63, 3.8) is 0 Å². The molecular formula is C27H26N6OS. The molecule has 35 heavy (non-hydrogen) atoms. The number of rotatable bonds is 3. The summed E-state index contributed by atoms with van der Waals surface area (Å²) < 4.78 is 8.60. The first kappa shape index (κ1) is 23.0. The minimum absolute atomic E-state index is 0.500. The second-order valence-corrected chi connectivity index (χ2v) is 9.44. The Morgan fingerprint density at radius 3 is 2.49 bits per heavy atom. The first-order valence-corrected chi connectivity index (χ1v) is 12.5. The third-order valence-electron chi connectivity index (χ3n) is 6.20. The Kier molecular flexibility index (Phi) is 6.70. The summed E-state index contributed by atoms with van der Waals surface area (Å²) in [6.07, 6.45) is 7.78. The van der Waals surface area contributed by atoms with Gasteiger partial charge in [-0.15, -0.1) is 11.3 Å². The molecule has 0 radical (unpaired) electrons. The first-order chi connectivity index (χ1) is 17.2. The van der Waals surface area contributed by atoms with Gasteiger partial charge in [0, 0.05) is 11.1 Å². The molecular weight excluding hydrogens is 456 g/mol. The van der Waals surface area contributed by atoms with Gasteiger partial charge in [0.05, 0.1) is 58.4 Å². The molecule has 0 atom stereocenters. The van der Waals surface area contributed by atoms with Gasteiger partial charge in [0.1, 0.15) is 5.52 Å². The van der Waals surface area contributed by atoms with Crippen LogP contribution < -0.4 is 4.74 Å². The van der Waals surface area contributed by atoms with Crippen LogP contribution in [0.3, 0.4) is 0 Å². The van der Waals surface area contributed by atoms with Gasteiger partial charge in [-0.1, -0.05) is 24.6 Å². The van der Waals surface area contributed by atoms with Crippen LogP contribution >= 0.6 is 11.3 Å². The maximum atomic E-state index is 9.10. The molecule has 1 aliphatic heterocycles. The van der Waals surface area contributed by atoms with Gasteiger partial charge in [-0.2, -0.15) is 5.26 Å². The molecule has 1 saturated heterocycles. The summed E-state index contributed by atoms with van der Waals surface area (Å²) in [4.78, 5) is 15.8. The number of methoxy groups -OCH3 is 1. The number of aromatic nitrogens is 4. The third kappa shape index (κ3) is 4.74. The zero-order valence-electron chi connectivity index (χ0n) is 19.8. The van der Waals surface area contributed by atoms with Gasteiger partial charge in [0.25, 0.3) is 0 Å². The average molecular weight is 483 g/mol. The van der Waals surface area contributed by atoms with Crippen LogP contribution in [0.1, 0.15) is 24.8 Å². The third-order valence-corrected chi connectivity index (χ3v) is 6.99. The van der Waals surface area contributed by atoms with Crippen LogP contribution in [0.5, 0.6) is 5.88 Å². The van der Waals surface area contributed by atoms with Gasteiger partial charge in [-0.25, -0.2) is 15.0 Å². The van der Waals surface area contributed by atoms with Crippen LogP contribution in [0.25, 0.3) is 38.2 Å². The molecule has 8 heteroatoms.